The van der Waals surface area contributed by atoms with Gasteiger partial charge in [0.05, 0.1) is 0 Å². The van der Waals surface area contributed by atoms with E-state index >= 15 is 0 Å². The van der Waals surface area contributed by atoms with Crippen molar-refractivity contribution in [3.8, 4) is 0 Å². The zero-order valence-corrected chi connectivity index (χ0v) is 10.5. The van der Waals surface area contributed by atoms with Crippen molar-refractivity contribution in [2.75, 3.05) is 5.32 Å². The number of carbonyl (C=O) groups is 1. The smallest absolute Gasteiger partial charge is 0.275 e. The molecule has 2 aromatic rings. The molecule has 0 aliphatic heterocycles. The highest BCUT2D eigenvalue weighted by atomic mass is 16.1. The molecule has 0 spiro atoms. The summed E-state index contributed by atoms with van der Waals surface area (Å²) >= 11 is 0. The van der Waals surface area contributed by atoms with Crippen molar-refractivity contribution in [1.29, 1.82) is 0 Å². The van der Waals surface area contributed by atoms with Crippen LogP contribution in [0.25, 0.3) is 0 Å². The van der Waals surface area contributed by atoms with Gasteiger partial charge >= 0.3 is 0 Å². The van der Waals surface area contributed by atoms with Crippen LogP contribution in [-0.2, 0) is 12.8 Å². The molecule has 96 valence electrons. The van der Waals surface area contributed by atoms with Gasteiger partial charge < -0.3 is 5.32 Å². The lowest BCUT2D eigenvalue weighted by Gasteiger charge is -2.16. The minimum atomic E-state index is -0.209. The lowest BCUT2D eigenvalue weighted by Crippen LogP contribution is -2.20. The minimum Gasteiger partial charge on any atom is -0.305 e. The molecule has 0 bridgehead atoms. The van der Waals surface area contributed by atoms with Crippen molar-refractivity contribution in [1.82, 2.24) is 15.0 Å². The van der Waals surface area contributed by atoms with Crippen LogP contribution in [0.4, 0.5) is 5.82 Å². The van der Waals surface area contributed by atoms with Crippen LogP contribution in [0.1, 0.15) is 34.6 Å². The minimum absolute atomic E-state index is 0.209. The Morgan fingerprint density at radius 1 is 1.11 bits per heavy atom. The fraction of sp³-hybridized carbons (Fsp3) is 0.286. The summed E-state index contributed by atoms with van der Waals surface area (Å²) in [5.41, 5.74) is 2.48. The standard InChI is InChI=1S/C14H14N4O/c19-14(18-12-7-3-4-8-15-12)13-10-5-1-2-6-11(10)16-9-17-13/h3-4,7-9H,1-2,5-6H2,(H,15,18,19). The number of hydrogen-bond acceptors (Lipinski definition) is 4. The van der Waals surface area contributed by atoms with Gasteiger partial charge in [-0.2, -0.15) is 0 Å². The van der Waals surface area contributed by atoms with Gasteiger partial charge in [0.15, 0.2) is 0 Å². The van der Waals surface area contributed by atoms with E-state index in [1.165, 1.54) is 6.33 Å². The highest BCUT2D eigenvalue weighted by Crippen LogP contribution is 2.21. The number of aromatic nitrogens is 3. The fourth-order valence-electron chi connectivity index (χ4n) is 2.33. The van der Waals surface area contributed by atoms with Crippen LogP contribution in [0.3, 0.4) is 0 Å². The van der Waals surface area contributed by atoms with Crippen LogP contribution < -0.4 is 5.32 Å². The third-order valence-corrected chi connectivity index (χ3v) is 3.25. The molecule has 5 heteroatoms. The van der Waals surface area contributed by atoms with E-state index in [0.717, 1.165) is 36.9 Å². The molecule has 1 aliphatic carbocycles. The Bertz CT molecular complexity index is 598. The number of hydrogen-bond donors (Lipinski definition) is 1. The van der Waals surface area contributed by atoms with E-state index in [-0.39, 0.29) is 5.91 Å². The first-order chi connectivity index (χ1) is 9.34. The van der Waals surface area contributed by atoms with Crippen LogP contribution in [0.15, 0.2) is 30.7 Å². The Labute approximate surface area is 111 Å². The summed E-state index contributed by atoms with van der Waals surface area (Å²) in [6.45, 7) is 0. The Hall–Kier alpha value is -2.30. The molecular formula is C14H14N4O. The lowest BCUT2D eigenvalue weighted by atomic mass is 9.94. The van der Waals surface area contributed by atoms with Crippen LogP contribution in [-0.4, -0.2) is 20.9 Å². The molecule has 1 amide bonds. The average molecular weight is 254 g/mol. The van der Waals surface area contributed by atoms with Crippen molar-refractivity contribution in [3.63, 3.8) is 0 Å². The highest BCUT2D eigenvalue weighted by Gasteiger charge is 2.20. The van der Waals surface area contributed by atoms with Crippen molar-refractivity contribution in [3.05, 3.63) is 47.7 Å². The molecular weight excluding hydrogens is 240 g/mol. The molecule has 3 rings (SSSR count). The van der Waals surface area contributed by atoms with E-state index in [1.54, 1.807) is 12.3 Å². The van der Waals surface area contributed by atoms with E-state index in [0.29, 0.717) is 11.5 Å². The van der Waals surface area contributed by atoms with Crippen molar-refractivity contribution in [2.24, 2.45) is 0 Å². The summed E-state index contributed by atoms with van der Waals surface area (Å²) in [4.78, 5) is 24.7. The summed E-state index contributed by atoms with van der Waals surface area (Å²) in [5, 5.41) is 2.77. The second-order valence-corrected chi connectivity index (χ2v) is 4.52. The van der Waals surface area contributed by atoms with Gasteiger partial charge in [-0.25, -0.2) is 15.0 Å². The third-order valence-electron chi connectivity index (χ3n) is 3.25. The Morgan fingerprint density at radius 2 is 2.00 bits per heavy atom. The summed E-state index contributed by atoms with van der Waals surface area (Å²) < 4.78 is 0. The van der Waals surface area contributed by atoms with Crippen molar-refractivity contribution < 1.29 is 4.79 Å². The quantitative estimate of drug-likeness (QED) is 0.890. The number of anilines is 1. The maximum absolute atomic E-state index is 12.2. The van der Waals surface area contributed by atoms with Gasteiger partial charge in [0.2, 0.25) is 0 Å². The topological polar surface area (TPSA) is 67.8 Å². The van der Waals surface area contributed by atoms with Gasteiger partial charge in [-0.1, -0.05) is 6.07 Å². The van der Waals surface area contributed by atoms with Crippen LogP contribution in [0.5, 0.6) is 0 Å². The number of amides is 1. The molecule has 5 nitrogen and oxygen atoms in total. The van der Waals surface area contributed by atoms with Crippen molar-refractivity contribution >= 4 is 11.7 Å². The number of fused-ring (bicyclic) bond motifs is 1. The number of pyridine rings is 1. The second kappa shape index (κ2) is 5.14. The predicted octanol–water partition coefficient (Wildman–Crippen LogP) is 2.00. The summed E-state index contributed by atoms with van der Waals surface area (Å²) in [7, 11) is 0. The van der Waals surface area contributed by atoms with E-state index < -0.39 is 0 Å². The summed E-state index contributed by atoms with van der Waals surface area (Å²) in [6.07, 6.45) is 7.14. The molecule has 0 saturated heterocycles. The molecule has 2 aromatic heterocycles. The first-order valence-corrected chi connectivity index (χ1v) is 6.40. The fourth-order valence-corrected chi connectivity index (χ4v) is 2.33. The Kier molecular flexibility index (Phi) is 3.18. The van der Waals surface area contributed by atoms with Gasteiger partial charge in [0.1, 0.15) is 17.8 Å². The zero-order chi connectivity index (χ0) is 13.1. The lowest BCUT2D eigenvalue weighted by molar-refractivity contribution is 0.102. The largest absolute Gasteiger partial charge is 0.305 e. The molecule has 0 atom stereocenters. The first-order valence-electron chi connectivity index (χ1n) is 6.40. The van der Waals surface area contributed by atoms with Gasteiger partial charge in [0.25, 0.3) is 5.91 Å². The monoisotopic (exact) mass is 254 g/mol. The molecule has 0 radical (unpaired) electrons. The molecule has 0 saturated carbocycles. The number of carbonyl (C=O) groups excluding carboxylic acids is 1. The predicted molar refractivity (Wildman–Crippen MR) is 70.9 cm³/mol. The summed E-state index contributed by atoms with van der Waals surface area (Å²) in [6, 6.07) is 5.39. The van der Waals surface area contributed by atoms with Gasteiger partial charge in [-0.3, -0.25) is 4.79 Å². The Balaban J connectivity index is 1.88. The maximum Gasteiger partial charge on any atom is 0.275 e. The van der Waals surface area contributed by atoms with E-state index in [4.69, 9.17) is 0 Å². The highest BCUT2D eigenvalue weighted by molar-refractivity contribution is 6.03. The molecule has 19 heavy (non-hydrogen) atoms. The number of aryl methyl sites for hydroxylation is 1. The summed E-state index contributed by atoms with van der Waals surface area (Å²) in [5.74, 6) is 0.329. The van der Waals surface area contributed by atoms with Crippen molar-refractivity contribution in [2.45, 2.75) is 25.7 Å². The van der Waals surface area contributed by atoms with Crippen LogP contribution in [0.2, 0.25) is 0 Å². The number of nitrogens with one attached hydrogen (secondary N) is 1. The van der Waals surface area contributed by atoms with E-state index in [2.05, 4.69) is 20.3 Å². The molecule has 1 aliphatic rings. The van der Waals surface area contributed by atoms with Gasteiger partial charge in [0, 0.05) is 17.5 Å². The number of rotatable bonds is 2. The molecule has 1 N–H and O–H groups in total. The molecule has 0 fully saturated rings. The van der Waals surface area contributed by atoms with E-state index in [1.807, 2.05) is 12.1 Å². The normalized spacial score (nSPS) is 13.7. The number of nitrogens with zero attached hydrogens (tertiary/aromatic N) is 3. The first kappa shape index (κ1) is 11.8. The Morgan fingerprint density at radius 3 is 2.84 bits per heavy atom. The zero-order valence-electron chi connectivity index (χ0n) is 10.5. The average Bonchev–Trinajstić information content (AvgIpc) is 2.47. The van der Waals surface area contributed by atoms with Gasteiger partial charge in [-0.15, -0.1) is 0 Å². The van der Waals surface area contributed by atoms with E-state index in [9.17, 15) is 4.79 Å². The maximum atomic E-state index is 12.2. The molecule has 2 heterocycles. The van der Waals surface area contributed by atoms with Crippen LogP contribution >= 0.6 is 0 Å². The van der Waals surface area contributed by atoms with Crippen LogP contribution in [0, 0.1) is 0 Å². The second-order valence-electron chi connectivity index (χ2n) is 4.52. The molecule has 0 unspecified atom stereocenters. The SMILES string of the molecule is O=C(Nc1ccccn1)c1ncnc2c1CCCC2. The van der Waals surface area contributed by atoms with Gasteiger partial charge in [-0.05, 0) is 37.8 Å². The third kappa shape index (κ3) is 2.45. The molecule has 0 aromatic carbocycles.